The predicted molar refractivity (Wildman–Crippen MR) is 130 cm³/mol. The second kappa shape index (κ2) is 10.3. The summed E-state index contributed by atoms with van der Waals surface area (Å²) >= 11 is 0. The molecule has 0 bridgehead atoms. The Morgan fingerprint density at radius 3 is 2.15 bits per heavy atom. The van der Waals surface area contributed by atoms with Gasteiger partial charge in [-0.3, -0.25) is 4.79 Å². The Kier molecular flexibility index (Phi) is 7.07. The standard InChI is InChI=1S/C28H28N2O4/c1-30(18-19-15-16-23-22(17-19)13-8-14-24(23)26(31)27(32)33)28(34)29-25(20-9-4-2-5-10-20)21-11-6-3-7-12-21/h2-14,19,25H,15-18H2,1H3,(H,29,34)(H,32,33). The van der Waals surface area contributed by atoms with E-state index in [-0.39, 0.29) is 23.6 Å². The Labute approximate surface area is 199 Å². The summed E-state index contributed by atoms with van der Waals surface area (Å²) in [4.78, 5) is 38.1. The number of hydrogen-bond donors (Lipinski definition) is 2. The molecule has 2 amide bonds. The fraction of sp³-hybridized carbons (Fsp3) is 0.250. The summed E-state index contributed by atoms with van der Waals surface area (Å²) in [7, 11) is 1.79. The molecule has 34 heavy (non-hydrogen) atoms. The molecule has 1 atom stereocenters. The number of nitrogens with one attached hydrogen (secondary N) is 1. The van der Waals surface area contributed by atoms with Crippen LogP contribution in [0.25, 0.3) is 0 Å². The second-order valence-corrected chi connectivity index (χ2v) is 8.77. The zero-order valence-corrected chi connectivity index (χ0v) is 19.1. The number of amides is 2. The van der Waals surface area contributed by atoms with E-state index < -0.39 is 11.8 Å². The van der Waals surface area contributed by atoms with Crippen LogP contribution in [-0.4, -0.2) is 41.4 Å². The minimum absolute atomic E-state index is 0.154. The fourth-order valence-electron chi connectivity index (χ4n) is 4.72. The van der Waals surface area contributed by atoms with Crippen LogP contribution in [0.1, 0.15) is 45.1 Å². The third-order valence-corrected chi connectivity index (χ3v) is 6.44. The fourth-order valence-corrected chi connectivity index (χ4v) is 4.72. The van der Waals surface area contributed by atoms with E-state index in [0.717, 1.165) is 28.7 Å². The van der Waals surface area contributed by atoms with Crippen LogP contribution in [0.2, 0.25) is 0 Å². The Morgan fingerprint density at radius 2 is 1.56 bits per heavy atom. The SMILES string of the molecule is CN(CC1CCc2c(cccc2C(=O)C(=O)O)C1)C(=O)NC(c1ccccc1)c1ccccc1. The normalized spacial score (nSPS) is 14.8. The van der Waals surface area contributed by atoms with Gasteiger partial charge in [0.2, 0.25) is 0 Å². The number of urea groups is 1. The maximum Gasteiger partial charge on any atom is 0.377 e. The zero-order valence-electron chi connectivity index (χ0n) is 19.1. The molecule has 0 radical (unpaired) electrons. The van der Waals surface area contributed by atoms with E-state index in [1.165, 1.54) is 0 Å². The summed E-state index contributed by atoms with van der Waals surface area (Å²) in [5.74, 6) is -2.07. The van der Waals surface area contributed by atoms with Crippen molar-refractivity contribution in [3.63, 3.8) is 0 Å². The van der Waals surface area contributed by atoms with E-state index in [1.807, 2.05) is 66.7 Å². The summed E-state index contributed by atoms with van der Waals surface area (Å²) < 4.78 is 0. The largest absolute Gasteiger partial charge is 0.475 e. The maximum absolute atomic E-state index is 13.1. The quantitative estimate of drug-likeness (QED) is 0.405. The van der Waals surface area contributed by atoms with E-state index in [2.05, 4.69) is 5.32 Å². The van der Waals surface area contributed by atoms with Gasteiger partial charge in [0.05, 0.1) is 6.04 Å². The van der Waals surface area contributed by atoms with Gasteiger partial charge < -0.3 is 15.3 Å². The highest BCUT2D eigenvalue weighted by molar-refractivity contribution is 6.40. The number of carbonyl (C=O) groups is 3. The van der Waals surface area contributed by atoms with Crippen LogP contribution < -0.4 is 5.32 Å². The summed E-state index contributed by atoms with van der Waals surface area (Å²) in [6, 6.07) is 24.6. The first-order valence-corrected chi connectivity index (χ1v) is 11.4. The van der Waals surface area contributed by atoms with Gasteiger partial charge in [0.15, 0.2) is 0 Å². The Balaban J connectivity index is 1.44. The molecule has 0 aromatic heterocycles. The Morgan fingerprint density at radius 1 is 0.941 bits per heavy atom. The number of hydrogen-bond acceptors (Lipinski definition) is 3. The van der Waals surface area contributed by atoms with Gasteiger partial charge in [0.25, 0.3) is 5.78 Å². The molecule has 1 unspecified atom stereocenters. The first kappa shape index (κ1) is 23.2. The highest BCUT2D eigenvalue weighted by Gasteiger charge is 2.27. The van der Waals surface area contributed by atoms with E-state index in [0.29, 0.717) is 19.4 Å². The molecule has 0 saturated heterocycles. The number of fused-ring (bicyclic) bond motifs is 1. The lowest BCUT2D eigenvalue weighted by Gasteiger charge is -2.30. The topological polar surface area (TPSA) is 86.7 Å². The number of carboxylic acid groups (broad SMARTS) is 1. The second-order valence-electron chi connectivity index (χ2n) is 8.77. The molecular weight excluding hydrogens is 428 g/mol. The molecule has 6 heteroatoms. The molecule has 0 heterocycles. The van der Waals surface area contributed by atoms with E-state index in [4.69, 9.17) is 5.11 Å². The summed E-state index contributed by atoms with van der Waals surface area (Å²) in [6.45, 7) is 0.568. The van der Waals surface area contributed by atoms with Gasteiger partial charge in [-0.15, -0.1) is 0 Å². The van der Waals surface area contributed by atoms with Gasteiger partial charge in [0, 0.05) is 19.2 Å². The van der Waals surface area contributed by atoms with Crippen LogP contribution in [0.4, 0.5) is 4.79 Å². The molecule has 4 rings (SSSR count). The number of aliphatic carboxylic acids is 1. The number of benzene rings is 3. The van der Waals surface area contributed by atoms with Gasteiger partial charge in [-0.05, 0) is 47.4 Å². The average molecular weight is 457 g/mol. The van der Waals surface area contributed by atoms with Crippen molar-refractivity contribution < 1.29 is 19.5 Å². The van der Waals surface area contributed by atoms with Crippen LogP contribution in [0.15, 0.2) is 78.9 Å². The lowest BCUT2D eigenvalue weighted by Crippen LogP contribution is -2.42. The van der Waals surface area contributed by atoms with Crippen LogP contribution in [0.3, 0.4) is 0 Å². The zero-order chi connectivity index (χ0) is 24.1. The number of Topliss-reactive ketones (excluding diaryl/α,β-unsaturated/α-hetero) is 1. The molecule has 0 spiro atoms. The van der Waals surface area contributed by atoms with Gasteiger partial charge in [-0.25, -0.2) is 9.59 Å². The molecule has 3 aromatic rings. The summed E-state index contributed by atoms with van der Waals surface area (Å²) in [6.07, 6.45) is 2.12. The van der Waals surface area contributed by atoms with Crippen molar-refractivity contribution in [3.05, 3.63) is 107 Å². The minimum Gasteiger partial charge on any atom is -0.475 e. The van der Waals surface area contributed by atoms with Crippen molar-refractivity contribution in [1.82, 2.24) is 10.2 Å². The maximum atomic E-state index is 13.1. The molecule has 1 aliphatic carbocycles. The number of carbonyl (C=O) groups excluding carboxylic acids is 2. The van der Waals surface area contributed by atoms with Crippen molar-refractivity contribution in [3.8, 4) is 0 Å². The van der Waals surface area contributed by atoms with Crippen LogP contribution in [-0.2, 0) is 17.6 Å². The smallest absolute Gasteiger partial charge is 0.377 e. The summed E-state index contributed by atoms with van der Waals surface area (Å²) in [5.41, 5.74) is 4.12. The number of ketones is 1. The Hall–Kier alpha value is -3.93. The van der Waals surface area contributed by atoms with E-state index >= 15 is 0 Å². The Bertz CT molecular complexity index is 1140. The first-order valence-electron chi connectivity index (χ1n) is 11.4. The molecule has 1 aliphatic rings. The molecule has 0 aliphatic heterocycles. The molecule has 3 aromatic carbocycles. The van der Waals surface area contributed by atoms with E-state index in [1.54, 1.807) is 24.1 Å². The molecule has 0 fully saturated rings. The highest BCUT2D eigenvalue weighted by Crippen LogP contribution is 2.29. The first-order chi connectivity index (χ1) is 16.4. The van der Waals surface area contributed by atoms with Gasteiger partial charge in [-0.1, -0.05) is 78.9 Å². The number of nitrogens with zero attached hydrogens (tertiary/aromatic N) is 1. The van der Waals surface area contributed by atoms with Crippen molar-refractivity contribution in [2.24, 2.45) is 5.92 Å². The van der Waals surface area contributed by atoms with Gasteiger partial charge in [-0.2, -0.15) is 0 Å². The predicted octanol–water partition coefficient (Wildman–Crippen LogP) is 4.49. The van der Waals surface area contributed by atoms with Crippen molar-refractivity contribution >= 4 is 17.8 Å². The van der Waals surface area contributed by atoms with Gasteiger partial charge >= 0.3 is 12.0 Å². The van der Waals surface area contributed by atoms with Crippen molar-refractivity contribution in [2.45, 2.75) is 25.3 Å². The third kappa shape index (κ3) is 5.17. The molecule has 2 N–H and O–H groups in total. The summed E-state index contributed by atoms with van der Waals surface area (Å²) in [5, 5.41) is 12.3. The van der Waals surface area contributed by atoms with Crippen molar-refractivity contribution in [1.29, 1.82) is 0 Å². The molecule has 174 valence electrons. The van der Waals surface area contributed by atoms with Crippen molar-refractivity contribution in [2.75, 3.05) is 13.6 Å². The molecule has 0 saturated carbocycles. The lowest BCUT2D eigenvalue weighted by molar-refractivity contribution is -0.131. The van der Waals surface area contributed by atoms with E-state index in [9.17, 15) is 14.4 Å². The van der Waals surface area contributed by atoms with Crippen LogP contribution in [0, 0.1) is 5.92 Å². The van der Waals surface area contributed by atoms with Crippen LogP contribution >= 0.6 is 0 Å². The minimum atomic E-state index is -1.43. The number of rotatable bonds is 7. The monoisotopic (exact) mass is 456 g/mol. The van der Waals surface area contributed by atoms with Gasteiger partial charge in [0.1, 0.15) is 0 Å². The third-order valence-electron chi connectivity index (χ3n) is 6.44. The number of carboxylic acids is 1. The highest BCUT2D eigenvalue weighted by atomic mass is 16.4. The molecular formula is C28H28N2O4. The average Bonchev–Trinajstić information content (AvgIpc) is 2.87. The lowest BCUT2D eigenvalue weighted by atomic mass is 9.81. The van der Waals surface area contributed by atoms with Crippen LogP contribution in [0.5, 0.6) is 0 Å². The molecule has 6 nitrogen and oxygen atoms in total.